The maximum Gasteiger partial charge on any atom is 0.234 e. The number of rotatable bonds is 6. The van der Waals surface area contributed by atoms with E-state index in [4.69, 9.17) is 10.5 Å². The number of nitrogens with one attached hydrogen (secondary N) is 1. The lowest BCUT2D eigenvalue weighted by molar-refractivity contribution is -0.113. The second-order valence-electron chi connectivity index (χ2n) is 3.81. The molecule has 0 spiro atoms. The number of anilines is 2. The first kappa shape index (κ1) is 14.7. The molecule has 3 N–H and O–H groups in total. The number of nitrogens with zero attached hydrogens (tertiary/aromatic N) is 1. The van der Waals surface area contributed by atoms with Crippen molar-refractivity contribution in [1.82, 2.24) is 4.98 Å². The summed E-state index contributed by atoms with van der Waals surface area (Å²) < 4.78 is 6.27. The zero-order chi connectivity index (χ0) is 14.4. The van der Waals surface area contributed by atoms with Crippen LogP contribution in [0.5, 0.6) is 5.75 Å². The van der Waals surface area contributed by atoms with E-state index < -0.39 is 0 Å². The van der Waals surface area contributed by atoms with Gasteiger partial charge in [0.25, 0.3) is 0 Å². The van der Waals surface area contributed by atoms with Gasteiger partial charge in [-0.3, -0.25) is 4.79 Å². The number of thioether (sulfide) groups is 1. The van der Waals surface area contributed by atoms with Crippen molar-refractivity contribution in [3.8, 4) is 5.75 Å². The quantitative estimate of drug-likeness (QED) is 0.802. The monoisotopic (exact) mass is 309 g/mol. The number of benzene rings is 1. The van der Waals surface area contributed by atoms with Crippen molar-refractivity contribution in [2.75, 3.05) is 23.4 Å². The first-order valence-corrected chi connectivity index (χ1v) is 7.84. The van der Waals surface area contributed by atoms with Gasteiger partial charge >= 0.3 is 0 Å². The standard InChI is InChI=1S/C13H15N3O2S2/c1-2-18-10-5-3-9(4-6-10)16-11(17)8-19-12-7-15-13(14)20-12/h3-7H,2,8H2,1H3,(H2,14,15)(H,16,17). The molecule has 0 aliphatic heterocycles. The van der Waals surface area contributed by atoms with Gasteiger partial charge in [0.15, 0.2) is 5.13 Å². The molecule has 1 amide bonds. The fourth-order valence-electron chi connectivity index (χ4n) is 1.47. The Morgan fingerprint density at radius 3 is 2.80 bits per heavy atom. The molecular weight excluding hydrogens is 294 g/mol. The number of hydrogen-bond donors (Lipinski definition) is 2. The molecule has 5 nitrogen and oxygen atoms in total. The van der Waals surface area contributed by atoms with Gasteiger partial charge in [-0.2, -0.15) is 0 Å². The first-order valence-electron chi connectivity index (χ1n) is 6.04. The van der Waals surface area contributed by atoms with Crippen molar-refractivity contribution in [2.45, 2.75) is 11.1 Å². The number of amides is 1. The highest BCUT2D eigenvalue weighted by Crippen LogP contribution is 2.26. The van der Waals surface area contributed by atoms with Crippen LogP contribution in [0.25, 0.3) is 0 Å². The minimum absolute atomic E-state index is 0.0638. The number of nitrogen functional groups attached to an aromatic ring is 1. The van der Waals surface area contributed by atoms with E-state index in [1.165, 1.54) is 23.1 Å². The van der Waals surface area contributed by atoms with E-state index in [0.29, 0.717) is 17.5 Å². The number of carbonyl (C=O) groups is 1. The Labute approximate surface area is 125 Å². The Morgan fingerprint density at radius 1 is 1.45 bits per heavy atom. The number of ether oxygens (including phenoxy) is 1. The molecule has 1 aromatic heterocycles. The molecule has 0 saturated heterocycles. The lowest BCUT2D eigenvalue weighted by atomic mass is 10.3. The predicted octanol–water partition coefficient (Wildman–Crippen LogP) is 2.85. The molecule has 106 valence electrons. The molecular formula is C13H15N3O2S2. The summed E-state index contributed by atoms with van der Waals surface area (Å²) in [6.07, 6.45) is 1.68. The molecule has 2 rings (SSSR count). The van der Waals surface area contributed by atoms with E-state index in [-0.39, 0.29) is 5.91 Å². The van der Waals surface area contributed by atoms with Gasteiger partial charge in [-0.1, -0.05) is 11.3 Å². The molecule has 1 aromatic carbocycles. The van der Waals surface area contributed by atoms with Gasteiger partial charge in [0.05, 0.1) is 22.8 Å². The van der Waals surface area contributed by atoms with Gasteiger partial charge in [-0.05, 0) is 31.2 Å². The van der Waals surface area contributed by atoms with Crippen LogP contribution in [0.2, 0.25) is 0 Å². The molecule has 1 heterocycles. The fraction of sp³-hybridized carbons (Fsp3) is 0.231. The van der Waals surface area contributed by atoms with Gasteiger partial charge in [0.2, 0.25) is 5.91 Å². The summed E-state index contributed by atoms with van der Waals surface area (Å²) in [4.78, 5) is 15.7. The first-order chi connectivity index (χ1) is 9.67. The third-order valence-electron chi connectivity index (χ3n) is 2.30. The number of thiazole rings is 1. The molecule has 7 heteroatoms. The summed E-state index contributed by atoms with van der Waals surface area (Å²) in [6, 6.07) is 7.29. The average molecular weight is 309 g/mol. The summed E-state index contributed by atoms with van der Waals surface area (Å²) in [5.41, 5.74) is 6.28. The van der Waals surface area contributed by atoms with Crippen molar-refractivity contribution < 1.29 is 9.53 Å². The highest BCUT2D eigenvalue weighted by atomic mass is 32.2. The van der Waals surface area contributed by atoms with E-state index in [1.54, 1.807) is 6.20 Å². The van der Waals surface area contributed by atoms with Crippen molar-refractivity contribution in [3.05, 3.63) is 30.5 Å². The van der Waals surface area contributed by atoms with Crippen LogP contribution < -0.4 is 15.8 Å². The molecule has 0 unspecified atom stereocenters. The van der Waals surface area contributed by atoms with Gasteiger partial charge < -0.3 is 15.8 Å². The van der Waals surface area contributed by atoms with Crippen LogP contribution in [0.1, 0.15) is 6.92 Å². The molecule has 0 radical (unpaired) electrons. The van der Waals surface area contributed by atoms with Crippen molar-refractivity contribution in [2.24, 2.45) is 0 Å². The fourth-order valence-corrected chi connectivity index (χ4v) is 3.03. The number of nitrogens with two attached hydrogens (primary N) is 1. The van der Waals surface area contributed by atoms with Gasteiger partial charge in [0.1, 0.15) is 5.75 Å². The zero-order valence-electron chi connectivity index (χ0n) is 11.0. The topological polar surface area (TPSA) is 77.2 Å². The van der Waals surface area contributed by atoms with Crippen LogP contribution in [0, 0.1) is 0 Å². The Balaban J connectivity index is 1.81. The second kappa shape index (κ2) is 7.16. The molecule has 0 bridgehead atoms. The van der Waals surface area contributed by atoms with E-state index in [0.717, 1.165) is 15.6 Å². The van der Waals surface area contributed by atoms with Crippen LogP contribution in [0.4, 0.5) is 10.8 Å². The Hall–Kier alpha value is -1.73. The van der Waals surface area contributed by atoms with E-state index in [9.17, 15) is 4.79 Å². The Bertz CT molecular complexity index is 569. The smallest absolute Gasteiger partial charge is 0.234 e. The molecule has 0 saturated carbocycles. The van der Waals surface area contributed by atoms with Crippen LogP contribution >= 0.6 is 23.1 Å². The maximum absolute atomic E-state index is 11.8. The van der Waals surface area contributed by atoms with Crippen molar-refractivity contribution in [3.63, 3.8) is 0 Å². The van der Waals surface area contributed by atoms with Gasteiger partial charge in [0, 0.05) is 5.69 Å². The maximum atomic E-state index is 11.8. The third-order valence-corrected chi connectivity index (χ3v) is 4.32. The van der Waals surface area contributed by atoms with E-state index in [2.05, 4.69) is 10.3 Å². The minimum Gasteiger partial charge on any atom is -0.494 e. The van der Waals surface area contributed by atoms with Crippen LogP contribution in [-0.2, 0) is 4.79 Å². The summed E-state index contributed by atoms with van der Waals surface area (Å²) in [5.74, 6) is 1.06. The zero-order valence-corrected chi connectivity index (χ0v) is 12.6. The summed E-state index contributed by atoms with van der Waals surface area (Å²) in [7, 11) is 0. The molecule has 0 fully saturated rings. The Morgan fingerprint density at radius 2 is 2.20 bits per heavy atom. The number of hydrogen-bond acceptors (Lipinski definition) is 6. The van der Waals surface area contributed by atoms with Gasteiger partial charge in [-0.15, -0.1) is 11.8 Å². The highest BCUT2D eigenvalue weighted by Gasteiger charge is 2.06. The lowest BCUT2D eigenvalue weighted by Crippen LogP contribution is -2.13. The van der Waals surface area contributed by atoms with E-state index >= 15 is 0 Å². The number of aromatic nitrogens is 1. The van der Waals surface area contributed by atoms with Crippen LogP contribution in [0.3, 0.4) is 0 Å². The van der Waals surface area contributed by atoms with Crippen molar-refractivity contribution >= 4 is 39.8 Å². The van der Waals surface area contributed by atoms with E-state index in [1.807, 2.05) is 31.2 Å². The predicted molar refractivity (Wildman–Crippen MR) is 83.5 cm³/mol. The third kappa shape index (κ3) is 4.43. The summed E-state index contributed by atoms with van der Waals surface area (Å²) in [5, 5.41) is 3.34. The van der Waals surface area contributed by atoms with Crippen LogP contribution in [-0.4, -0.2) is 23.3 Å². The summed E-state index contributed by atoms with van der Waals surface area (Å²) in [6.45, 7) is 2.55. The molecule has 0 aliphatic carbocycles. The van der Waals surface area contributed by atoms with Crippen molar-refractivity contribution in [1.29, 1.82) is 0 Å². The normalized spacial score (nSPS) is 10.2. The SMILES string of the molecule is CCOc1ccc(NC(=O)CSc2cnc(N)s2)cc1. The largest absolute Gasteiger partial charge is 0.494 e. The Kier molecular flexibility index (Phi) is 5.25. The second-order valence-corrected chi connectivity index (χ2v) is 6.15. The van der Waals surface area contributed by atoms with Gasteiger partial charge in [-0.25, -0.2) is 4.98 Å². The van der Waals surface area contributed by atoms with Crippen LogP contribution in [0.15, 0.2) is 34.7 Å². The molecule has 0 aliphatic rings. The summed E-state index contributed by atoms with van der Waals surface area (Å²) >= 11 is 2.80. The average Bonchev–Trinajstić information content (AvgIpc) is 2.85. The number of carbonyl (C=O) groups excluding carboxylic acids is 1. The molecule has 20 heavy (non-hydrogen) atoms. The molecule has 0 atom stereocenters. The lowest BCUT2D eigenvalue weighted by Gasteiger charge is -2.06. The minimum atomic E-state index is -0.0638. The highest BCUT2D eigenvalue weighted by molar-refractivity contribution is 8.01. The molecule has 2 aromatic rings.